The third-order valence-electron chi connectivity index (χ3n) is 6.87. The van der Waals surface area contributed by atoms with Crippen LogP contribution >= 0.6 is 0 Å². The number of ketones is 1. The highest BCUT2D eigenvalue weighted by Crippen LogP contribution is 2.30. The molecular weight excluding hydrogens is 489 g/mol. The number of carbonyl (C=O) groups excluding carboxylic acids is 2. The number of likely N-dealkylation sites (tertiary alicyclic amines) is 1. The number of allylic oxidation sites excluding steroid dienone is 2. The fourth-order valence-electron chi connectivity index (χ4n) is 5.03. The van der Waals surface area contributed by atoms with Gasteiger partial charge >= 0.3 is 12.1 Å². The van der Waals surface area contributed by atoms with Crippen LogP contribution in [0.3, 0.4) is 0 Å². The van der Waals surface area contributed by atoms with Gasteiger partial charge in [-0.2, -0.15) is 0 Å². The van der Waals surface area contributed by atoms with Crippen molar-refractivity contribution >= 4 is 28.4 Å². The number of H-pyrrole nitrogens is 1. The molecule has 0 radical (unpaired) electrons. The fourth-order valence-corrected chi connectivity index (χ4v) is 5.03. The summed E-state index contributed by atoms with van der Waals surface area (Å²) >= 11 is 0. The molecule has 1 saturated heterocycles. The number of hydrogen-bond acceptors (Lipinski definition) is 5. The molecule has 5 rings (SSSR count). The molecule has 3 aromatic rings. The summed E-state index contributed by atoms with van der Waals surface area (Å²) in [5.74, 6) is -0.461. The smallest absolute Gasteiger partial charge is 0.406 e. The number of nitrogens with zero attached hydrogens (tertiary/aromatic N) is 3. The zero-order chi connectivity index (χ0) is 26.2. The summed E-state index contributed by atoms with van der Waals surface area (Å²) in [6, 6.07) is 6.64. The van der Waals surface area contributed by atoms with E-state index in [1.54, 1.807) is 15.7 Å². The minimum absolute atomic E-state index is 0.144. The molecule has 0 atom stereocenters. The van der Waals surface area contributed by atoms with E-state index in [4.69, 9.17) is 0 Å². The lowest BCUT2D eigenvalue weighted by Gasteiger charge is -2.32. The van der Waals surface area contributed by atoms with E-state index in [1.165, 1.54) is 12.1 Å². The van der Waals surface area contributed by atoms with Gasteiger partial charge in [-0.25, -0.2) is 9.78 Å². The number of aromatic amines is 1. The van der Waals surface area contributed by atoms with Crippen LogP contribution in [-0.2, 0) is 4.79 Å². The fraction of sp³-hybridized carbons (Fsp3) is 0.385. The van der Waals surface area contributed by atoms with Crippen LogP contribution in [0.2, 0.25) is 0 Å². The summed E-state index contributed by atoms with van der Waals surface area (Å²) in [7, 11) is 0. The van der Waals surface area contributed by atoms with E-state index >= 15 is 0 Å². The van der Waals surface area contributed by atoms with E-state index in [2.05, 4.69) is 14.7 Å². The highest BCUT2D eigenvalue weighted by molar-refractivity contribution is 5.94. The summed E-state index contributed by atoms with van der Waals surface area (Å²) < 4.78 is 42.7. The van der Waals surface area contributed by atoms with Gasteiger partial charge < -0.3 is 9.64 Å². The molecule has 1 aromatic carbocycles. The van der Waals surface area contributed by atoms with Crippen LogP contribution in [0.1, 0.15) is 60.5 Å². The second kappa shape index (κ2) is 9.87. The summed E-state index contributed by atoms with van der Waals surface area (Å²) in [6.07, 6.45) is 2.46. The molecular formula is C26H25F3N4O4. The molecule has 0 unspecified atom stereocenters. The number of aromatic nitrogens is 3. The molecule has 11 heteroatoms. The van der Waals surface area contributed by atoms with E-state index in [0.29, 0.717) is 49.9 Å². The Bertz CT molecular complexity index is 1410. The zero-order valence-electron chi connectivity index (χ0n) is 19.9. The average Bonchev–Trinajstić information content (AvgIpc) is 3.03. The summed E-state index contributed by atoms with van der Waals surface area (Å²) in [6.45, 7) is 0.785. The summed E-state index contributed by atoms with van der Waals surface area (Å²) in [5.41, 5.74) is 3.10. The lowest BCUT2D eigenvalue weighted by molar-refractivity contribution is -0.274. The third kappa shape index (κ3) is 5.45. The maximum atomic E-state index is 12.9. The van der Waals surface area contributed by atoms with E-state index < -0.39 is 6.36 Å². The number of ether oxygens (including phenoxy) is 1. The molecule has 1 fully saturated rings. The van der Waals surface area contributed by atoms with Crippen molar-refractivity contribution < 1.29 is 27.5 Å². The first kappa shape index (κ1) is 24.8. The number of benzene rings is 1. The lowest BCUT2D eigenvalue weighted by Crippen LogP contribution is -2.40. The number of Topliss-reactive ketones (excluding diaryl/α,β-unsaturated/α-hetero) is 1. The highest BCUT2D eigenvalue weighted by atomic mass is 19.4. The van der Waals surface area contributed by atoms with Crippen molar-refractivity contribution in [2.45, 2.75) is 50.9 Å². The third-order valence-corrected chi connectivity index (χ3v) is 6.87. The van der Waals surface area contributed by atoms with Gasteiger partial charge in [0.25, 0.3) is 5.91 Å². The van der Waals surface area contributed by atoms with Crippen molar-refractivity contribution in [2.75, 3.05) is 13.1 Å². The maximum absolute atomic E-state index is 12.9. The maximum Gasteiger partial charge on any atom is 0.573 e. The second-order valence-corrected chi connectivity index (χ2v) is 9.31. The highest BCUT2D eigenvalue weighted by Gasteiger charge is 2.31. The Morgan fingerprint density at radius 1 is 1.08 bits per heavy atom. The number of imidazole rings is 1. The Hall–Kier alpha value is -3.89. The van der Waals surface area contributed by atoms with Crippen molar-refractivity contribution in [3.8, 4) is 5.75 Å². The van der Waals surface area contributed by atoms with Crippen LogP contribution < -0.4 is 10.4 Å². The standard InChI is InChI=1S/C26H25F3N4O4/c27-26(28,29)37-21-8-5-17(6-9-21)24(35)32-12-10-19(11-13-32)33-22-14-18(15-30-23(22)31-25(33)36)16-2-1-3-20(34)7-4-16/h4-6,8-9,14-15,19H,1-3,7,10-13H2,(H,30,31,36). The SMILES string of the molecule is O=C1CC=C(c2cnc3[nH]c(=O)n(C4CCN(C(=O)c5ccc(OC(F)(F)F)cc5)CC4)c3c2)CCC1. The van der Waals surface area contributed by atoms with Gasteiger partial charge in [0, 0.05) is 43.7 Å². The van der Waals surface area contributed by atoms with E-state index in [-0.39, 0.29) is 34.7 Å². The van der Waals surface area contributed by atoms with Crippen molar-refractivity contribution in [3.63, 3.8) is 0 Å². The number of pyridine rings is 1. The Labute approximate surface area is 209 Å². The van der Waals surface area contributed by atoms with Gasteiger partial charge in [-0.3, -0.25) is 19.1 Å². The van der Waals surface area contributed by atoms with Crippen molar-refractivity contribution in [3.05, 3.63) is 64.2 Å². The number of hydrogen-bond donors (Lipinski definition) is 1. The Balaban J connectivity index is 1.30. The molecule has 0 saturated carbocycles. The van der Waals surface area contributed by atoms with Crippen LogP contribution in [0.15, 0.2) is 47.4 Å². The number of amides is 1. The number of nitrogens with one attached hydrogen (secondary N) is 1. The van der Waals surface area contributed by atoms with Gasteiger partial charge in [0.2, 0.25) is 0 Å². The quantitative estimate of drug-likeness (QED) is 0.548. The minimum atomic E-state index is -4.80. The van der Waals surface area contributed by atoms with E-state index in [0.717, 1.165) is 36.1 Å². The van der Waals surface area contributed by atoms with Crippen LogP contribution in [0.25, 0.3) is 16.7 Å². The number of alkyl halides is 3. The molecule has 194 valence electrons. The monoisotopic (exact) mass is 514 g/mol. The van der Waals surface area contributed by atoms with Gasteiger partial charge in [0.05, 0.1) is 5.52 Å². The molecule has 1 amide bonds. The van der Waals surface area contributed by atoms with Crippen LogP contribution in [0.4, 0.5) is 13.2 Å². The predicted molar refractivity (Wildman–Crippen MR) is 129 cm³/mol. The molecule has 37 heavy (non-hydrogen) atoms. The second-order valence-electron chi connectivity index (χ2n) is 9.31. The first-order valence-electron chi connectivity index (χ1n) is 12.1. The van der Waals surface area contributed by atoms with Gasteiger partial charge in [-0.05, 0) is 67.2 Å². The summed E-state index contributed by atoms with van der Waals surface area (Å²) in [5, 5.41) is 0. The molecule has 3 heterocycles. The number of fused-ring (bicyclic) bond motifs is 1. The number of halogens is 3. The van der Waals surface area contributed by atoms with Gasteiger partial charge in [0.1, 0.15) is 11.5 Å². The van der Waals surface area contributed by atoms with Crippen molar-refractivity contribution in [2.24, 2.45) is 0 Å². The molecule has 8 nitrogen and oxygen atoms in total. The molecule has 2 aliphatic rings. The van der Waals surface area contributed by atoms with Crippen molar-refractivity contribution in [1.82, 2.24) is 19.4 Å². The van der Waals surface area contributed by atoms with E-state index in [1.807, 2.05) is 12.1 Å². The van der Waals surface area contributed by atoms with Gasteiger partial charge in [-0.1, -0.05) is 6.08 Å². The zero-order valence-corrected chi connectivity index (χ0v) is 19.9. The molecule has 0 bridgehead atoms. The van der Waals surface area contributed by atoms with Crippen LogP contribution in [0.5, 0.6) is 5.75 Å². The normalized spacial score (nSPS) is 17.5. The molecule has 1 N–H and O–H groups in total. The number of piperidine rings is 1. The molecule has 0 spiro atoms. The van der Waals surface area contributed by atoms with Crippen LogP contribution in [0, 0.1) is 0 Å². The number of rotatable bonds is 4. The van der Waals surface area contributed by atoms with Crippen LogP contribution in [-0.4, -0.2) is 50.6 Å². The topological polar surface area (TPSA) is 97.3 Å². The first-order chi connectivity index (χ1) is 17.7. The minimum Gasteiger partial charge on any atom is -0.406 e. The largest absolute Gasteiger partial charge is 0.573 e. The van der Waals surface area contributed by atoms with Crippen molar-refractivity contribution in [1.29, 1.82) is 0 Å². The molecule has 2 aromatic heterocycles. The number of carbonyl (C=O) groups is 2. The van der Waals surface area contributed by atoms with Gasteiger partial charge in [0.15, 0.2) is 5.65 Å². The summed E-state index contributed by atoms with van der Waals surface area (Å²) in [4.78, 5) is 46.4. The van der Waals surface area contributed by atoms with Gasteiger partial charge in [-0.15, -0.1) is 13.2 Å². The first-order valence-corrected chi connectivity index (χ1v) is 12.1. The molecule has 1 aliphatic heterocycles. The predicted octanol–water partition coefficient (Wildman–Crippen LogP) is 4.63. The Kier molecular flexibility index (Phi) is 6.61. The Morgan fingerprint density at radius 3 is 2.51 bits per heavy atom. The molecule has 1 aliphatic carbocycles. The Morgan fingerprint density at radius 2 is 1.81 bits per heavy atom. The van der Waals surface area contributed by atoms with E-state index in [9.17, 15) is 27.6 Å². The average molecular weight is 515 g/mol. The lowest BCUT2D eigenvalue weighted by atomic mass is 10.0.